The van der Waals surface area contributed by atoms with Gasteiger partial charge in [0.05, 0.1) is 19.1 Å². The molecule has 1 aliphatic rings. The minimum Gasteiger partial charge on any atom is -0.466 e. The van der Waals surface area contributed by atoms with Gasteiger partial charge in [0, 0.05) is 36.8 Å². The lowest BCUT2D eigenvalue weighted by Gasteiger charge is -2.32. The second kappa shape index (κ2) is 10.4. The summed E-state index contributed by atoms with van der Waals surface area (Å²) in [6, 6.07) is 6.68. The average Bonchev–Trinajstić information content (AvgIpc) is 2.72. The number of hydrogen-bond donors (Lipinski definition) is 1. The summed E-state index contributed by atoms with van der Waals surface area (Å²) in [6.07, 6.45) is 1.13. The summed E-state index contributed by atoms with van der Waals surface area (Å²) < 4.78 is 5.05. The Bertz CT molecular complexity index is 823. The molecule has 170 valence electrons. The number of amides is 3. The van der Waals surface area contributed by atoms with E-state index in [0.717, 1.165) is 0 Å². The summed E-state index contributed by atoms with van der Waals surface area (Å²) in [7, 11) is 1.58. The fourth-order valence-electron chi connectivity index (χ4n) is 3.27. The first-order valence-electron chi connectivity index (χ1n) is 10.6. The second-order valence-corrected chi connectivity index (χ2v) is 8.85. The van der Waals surface area contributed by atoms with Crippen LogP contribution in [0.25, 0.3) is 0 Å². The van der Waals surface area contributed by atoms with E-state index in [1.165, 1.54) is 4.90 Å². The maximum absolute atomic E-state index is 12.8. The van der Waals surface area contributed by atoms with Crippen LogP contribution in [0, 0.1) is 11.3 Å². The van der Waals surface area contributed by atoms with Crippen molar-refractivity contribution in [1.29, 1.82) is 0 Å². The number of likely N-dealkylation sites (N-methyl/N-ethyl adjacent to an activating group) is 1. The van der Waals surface area contributed by atoms with E-state index in [-0.39, 0.29) is 36.2 Å². The summed E-state index contributed by atoms with van der Waals surface area (Å²) in [6.45, 7) is 8.45. The molecule has 1 aromatic rings. The number of nitrogens with one attached hydrogen (secondary N) is 1. The van der Waals surface area contributed by atoms with Crippen LogP contribution in [0.4, 0.5) is 5.69 Å². The van der Waals surface area contributed by atoms with Crippen molar-refractivity contribution in [3.8, 4) is 0 Å². The quantitative estimate of drug-likeness (QED) is 0.699. The molecule has 0 bridgehead atoms. The molecule has 8 heteroatoms. The molecule has 0 radical (unpaired) electrons. The Labute approximate surface area is 183 Å². The first kappa shape index (κ1) is 24.4. The van der Waals surface area contributed by atoms with Gasteiger partial charge < -0.3 is 19.9 Å². The molecule has 8 nitrogen and oxygen atoms in total. The minimum absolute atomic E-state index is 0.0541. The molecule has 1 N–H and O–H groups in total. The van der Waals surface area contributed by atoms with Crippen molar-refractivity contribution in [2.24, 2.45) is 11.3 Å². The Kier molecular flexibility index (Phi) is 8.19. The molecule has 1 fully saturated rings. The van der Waals surface area contributed by atoms with E-state index in [1.54, 1.807) is 43.1 Å². The van der Waals surface area contributed by atoms with E-state index in [4.69, 9.17) is 4.74 Å². The van der Waals surface area contributed by atoms with Crippen LogP contribution in [0.3, 0.4) is 0 Å². The number of hydrogen-bond acceptors (Lipinski definition) is 5. The Balaban J connectivity index is 1.92. The number of benzene rings is 1. The molecule has 0 atom stereocenters. The summed E-state index contributed by atoms with van der Waals surface area (Å²) in [5.74, 6) is -0.987. The molecule has 1 aromatic carbocycles. The predicted octanol–water partition coefficient (Wildman–Crippen LogP) is 2.54. The van der Waals surface area contributed by atoms with Gasteiger partial charge in [-0.25, -0.2) is 0 Å². The van der Waals surface area contributed by atoms with Crippen LogP contribution >= 0.6 is 0 Å². The Morgan fingerprint density at radius 1 is 1.16 bits per heavy atom. The Hall–Kier alpha value is -2.90. The largest absolute Gasteiger partial charge is 0.466 e. The highest BCUT2D eigenvalue weighted by atomic mass is 16.5. The van der Waals surface area contributed by atoms with Crippen LogP contribution in [0.5, 0.6) is 0 Å². The highest BCUT2D eigenvalue weighted by Crippen LogP contribution is 2.20. The molecule has 1 saturated heterocycles. The van der Waals surface area contributed by atoms with Gasteiger partial charge in [-0.2, -0.15) is 0 Å². The monoisotopic (exact) mass is 431 g/mol. The van der Waals surface area contributed by atoms with Crippen LogP contribution in [-0.4, -0.2) is 66.8 Å². The van der Waals surface area contributed by atoms with Gasteiger partial charge in [-0.15, -0.1) is 0 Å². The molecule has 3 amide bonds. The normalized spacial score (nSPS) is 14.7. The summed E-state index contributed by atoms with van der Waals surface area (Å²) >= 11 is 0. The van der Waals surface area contributed by atoms with Crippen molar-refractivity contribution in [1.82, 2.24) is 9.80 Å². The molecule has 0 aromatic heterocycles. The number of carbonyl (C=O) groups is 4. The zero-order valence-corrected chi connectivity index (χ0v) is 19.1. The van der Waals surface area contributed by atoms with Crippen LogP contribution in [0.15, 0.2) is 24.3 Å². The molecule has 31 heavy (non-hydrogen) atoms. The van der Waals surface area contributed by atoms with Crippen molar-refractivity contribution in [2.75, 3.05) is 38.6 Å². The van der Waals surface area contributed by atoms with Crippen molar-refractivity contribution in [3.63, 3.8) is 0 Å². The molecular weight excluding hydrogens is 398 g/mol. The van der Waals surface area contributed by atoms with Crippen LogP contribution < -0.4 is 5.32 Å². The Morgan fingerprint density at radius 3 is 2.39 bits per heavy atom. The average molecular weight is 432 g/mol. The van der Waals surface area contributed by atoms with Crippen molar-refractivity contribution in [3.05, 3.63) is 29.8 Å². The first-order chi connectivity index (χ1) is 14.5. The van der Waals surface area contributed by atoms with E-state index >= 15 is 0 Å². The summed E-state index contributed by atoms with van der Waals surface area (Å²) in [5.41, 5.74) is 0.374. The number of rotatable bonds is 6. The third-order valence-electron chi connectivity index (χ3n) is 5.24. The van der Waals surface area contributed by atoms with Gasteiger partial charge in [0.1, 0.15) is 0 Å². The number of piperidine rings is 1. The zero-order valence-electron chi connectivity index (χ0n) is 19.1. The molecule has 2 rings (SSSR count). The fourth-order valence-corrected chi connectivity index (χ4v) is 3.27. The number of ether oxygens (including phenoxy) is 1. The van der Waals surface area contributed by atoms with Gasteiger partial charge in [0.2, 0.25) is 11.8 Å². The molecule has 0 spiro atoms. The lowest BCUT2D eigenvalue weighted by Crippen LogP contribution is -2.45. The number of nitrogens with zero attached hydrogens (tertiary/aromatic N) is 2. The smallest absolute Gasteiger partial charge is 0.309 e. The summed E-state index contributed by atoms with van der Waals surface area (Å²) in [5, 5.41) is 2.81. The third kappa shape index (κ3) is 6.80. The highest BCUT2D eigenvalue weighted by molar-refractivity contribution is 5.99. The lowest BCUT2D eigenvalue weighted by molar-refractivity contribution is -0.151. The maximum atomic E-state index is 12.8. The molecule has 0 unspecified atom stereocenters. The van der Waals surface area contributed by atoms with E-state index < -0.39 is 5.41 Å². The number of anilines is 1. The number of likely N-dealkylation sites (tertiary alicyclic amines) is 1. The van der Waals surface area contributed by atoms with Crippen molar-refractivity contribution >= 4 is 29.4 Å². The molecule has 1 aliphatic heterocycles. The van der Waals surface area contributed by atoms with Gasteiger partial charge in [-0.1, -0.05) is 26.8 Å². The van der Waals surface area contributed by atoms with Gasteiger partial charge in [-0.05, 0) is 38.0 Å². The molecule has 0 saturated carbocycles. The predicted molar refractivity (Wildman–Crippen MR) is 117 cm³/mol. The first-order valence-corrected chi connectivity index (χ1v) is 10.6. The Morgan fingerprint density at radius 2 is 1.81 bits per heavy atom. The highest BCUT2D eigenvalue weighted by Gasteiger charge is 2.29. The van der Waals surface area contributed by atoms with Crippen molar-refractivity contribution in [2.45, 2.75) is 40.5 Å². The van der Waals surface area contributed by atoms with E-state index in [2.05, 4.69) is 5.32 Å². The van der Waals surface area contributed by atoms with Crippen LogP contribution in [-0.2, 0) is 19.1 Å². The lowest BCUT2D eigenvalue weighted by atomic mass is 9.95. The van der Waals surface area contributed by atoms with Gasteiger partial charge in [0.25, 0.3) is 5.91 Å². The second-order valence-electron chi connectivity index (χ2n) is 8.85. The zero-order chi connectivity index (χ0) is 23.2. The molecule has 0 aliphatic carbocycles. The van der Waals surface area contributed by atoms with Crippen molar-refractivity contribution < 1.29 is 23.9 Å². The topological polar surface area (TPSA) is 96.0 Å². The molecule has 1 heterocycles. The van der Waals surface area contributed by atoms with Gasteiger partial charge in [0.15, 0.2) is 0 Å². The SMILES string of the molecule is CCOC(=O)C1CCN(C(=O)CN(C)C(=O)c2cccc(NC(=O)C(C)(C)C)c2)CC1. The van der Waals surface area contributed by atoms with E-state index in [1.807, 2.05) is 20.8 Å². The van der Waals surface area contributed by atoms with E-state index in [0.29, 0.717) is 43.8 Å². The fraction of sp³-hybridized carbons (Fsp3) is 0.565. The van der Waals surface area contributed by atoms with Crippen LogP contribution in [0.2, 0.25) is 0 Å². The minimum atomic E-state index is -0.552. The summed E-state index contributed by atoms with van der Waals surface area (Å²) in [4.78, 5) is 52.5. The third-order valence-corrected chi connectivity index (χ3v) is 5.24. The van der Waals surface area contributed by atoms with Gasteiger partial charge in [-0.3, -0.25) is 19.2 Å². The number of esters is 1. The molecular formula is C23H33N3O5. The maximum Gasteiger partial charge on any atom is 0.309 e. The van der Waals surface area contributed by atoms with Gasteiger partial charge >= 0.3 is 5.97 Å². The van der Waals surface area contributed by atoms with Crippen LogP contribution in [0.1, 0.15) is 50.9 Å². The standard InChI is InChI=1S/C23H33N3O5/c1-6-31-21(29)16-10-12-26(13-11-16)19(27)15-25(5)20(28)17-8-7-9-18(14-17)24-22(30)23(2,3)4/h7-9,14,16H,6,10-13,15H2,1-5H3,(H,24,30). The number of carbonyl (C=O) groups excluding carboxylic acids is 4. The van der Waals surface area contributed by atoms with E-state index in [9.17, 15) is 19.2 Å².